The zero-order chi connectivity index (χ0) is 17.1. The third-order valence-electron chi connectivity index (χ3n) is 5.96. The number of hydrogen-bond acceptors (Lipinski definition) is 5. The molecule has 0 aromatic carbocycles. The highest BCUT2D eigenvalue weighted by molar-refractivity contribution is 5.70. The second-order valence-electron chi connectivity index (χ2n) is 7.84. The third kappa shape index (κ3) is 3.94. The number of ether oxygens (including phenoxy) is 1. The van der Waals surface area contributed by atoms with Crippen LogP contribution < -0.4 is 5.32 Å². The lowest BCUT2D eigenvalue weighted by atomic mass is 9.89. The fourth-order valence-corrected chi connectivity index (χ4v) is 4.44. The van der Waals surface area contributed by atoms with Crippen molar-refractivity contribution >= 4 is 6.09 Å². The van der Waals surface area contributed by atoms with Gasteiger partial charge in [-0.2, -0.15) is 0 Å². The molecule has 1 unspecified atom stereocenters. The van der Waals surface area contributed by atoms with Crippen molar-refractivity contribution in [1.29, 1.82) is 0 Å². The van der Waals surface area contributed by atoms with Crippen molar-refractivity contribution in [2.24, 2.45) is 0 Å². The molecule has 2 aliphatic heterocycles. The Morgan fingerprint density at radius 2 is 1.92 bits per heavy atom. The first kappa shape index (κ1) is 16.8. The van der Waals surface area contributed by atoms with Crippen LogP contribution >= 0.6 is 0 Å². The summed E-state index contributed by atoms with van der Waals surface area (Å²) in [5, 5.41) is 2.81. The lowest BCUT2D eigenvalue weighted by Crippen LogP contribution is -2.34. The highest BCUT2D eigenvalue weighted by atomic mass is 16.6. The van der Waals surface area contributed by atoms with Gasteiger partial charge in [0.05, 0.1) is 6.54 Å². The van der Waals surface area contributed by atoms with Gasteiger partial charge in [0.2, 0.25) is 0 Å². The quantitative estimate of drug-likeness (QED) is 0.913. The fraction of sp³-hybridized carbons (Fsp3) is 0.737. The van der Waals surface area contributed by atoms with E-state index in [1.807, 2.05) is 12.4 Å². The van der Waals surface area contributed by atoms with Crippen LogP contribution in [0, 0.1) is 0 Å². The molecule has 1 amide bonds. The number of hydrogen-bond donors (Lipinski definition) is 1. The highest BCUT2D eigenvalue weighted by Crippen LogP contribution is 2.31. The number of rotatable bonds is 3. The molecule has 3 fully saturated rings. The Balaban J connectivity index is 1.33. The monoisotopic (exact) mass is 344 g/mol. The van der Waals surface area contributed by atoms with Gasteiger partial charge >= 0.3 is 6.09 Å². The summed E-state index contributed by atoms with van der Waals surface area (Å²) in [6.45, 7) is 3.50. The van der Waals surface area contributed by atoms with E-state index in [0.717, 1.165) is 44.7 Å². The van der Waals surface area contributed by atoms with Gasteiger partial charge in [-0.15, -0.1) is 0 Å². The normalized spacial score (nSPS) is 28.6. The molecule has 3 aliphatic rings. The molecule has 4 rings (SSSR count). The molecule has 6 heteroatoms. The molecule has 1 aromatic rings. The molecule has 1 atom stereocenters. The second kappa shape index (κ2) is 7.28. The van der Waals surface area contributed by atoms with Gasteiger partial charge in [0.15, 0.2) is 0 Å². The summed E-state index contributed by atoms with van der Waals surface area (Å²) in [7, 11) is 0. The van der Waals surface area contributed by atoms with E-state index in [2.05, 4.69) is 20.2 Å². The van der Waals surface area contributed by atoms with Crippen LogP contribution in [0.25, 0.3) is 0 Å². The Hall–Kier alpha value is -1.69. The number of carbonyl (C=O) groups excluding carboxylic acids is 1. The molecular formula is C19H28N4O2. The van der Waals surface area contributed by atoms with Crippen LogP contribution in [-0.4, -0.2) is 46.2 Å². The molecule has 6 nitrogen and oxygen atoms in total. The molecule has 1 saturated carbocycles. The number of likely N-dealkylation sites (tertiary alicyclic amines) is 1. The first-order valence-electron chi connectivity index (χ1n) is 9.72. The smallest absolute Gasteiger partial charge is 0.407 e. The van der Waals surface area contributed by atoms with Crippen molar-refractivity contribution in [3.63, 3.8) is 0 Å². The molecule has 3 heterocycles. The van der Waals surface area contributed by atoms with Gasteiger partial charge in [0.1, 0.15) is 11.4 Å². The highest BCUT2D eigenvalue weighted by Gasteiger charge is 2.41. The molecule has 25 heavy (non-hydrogen) atoms. The summed E-state index contributed by atoms with van der Waals surface area (Å²) in [5.41, 5.74) is 0.893. The molecular weight excluding hydrogens is 316 g/mol. The standard InChI is InChI=1S/C19H28N4O2/c24-18-22-14-19(25-18)7-4-9-23(10-8-19)13-15-11-20-17(21-12-15)16-5-2-1-3-6-16/h11-12,16H,1-10,13-14H2,(H,22,24). The summed E-state index contributed by atoms with van der Waals surface area (Å²) in [6, 6.07) is 0. The first-order chi connectivity index (χ1) is 12.2. The number of nitrogens with one attached hydrogen (secondary N) is 1. The van der Waals surface area contributed by atoms with E-state index in [4.69, 9.17) is 4.74 Å². The number of carbonyl (C=O) groups is 1. The Labute approximate surface area is 149 Å². The van der Waals surface area contributed by atoms with Crippen molar-refractivity contribution in [2.75, 3.05) is 19.6 Å². The van der Waals surface area contributed by atoms with E-state index in [-0.39, 0.29) is 11.7 Å². The summed E-state index contributed by atoms with van der Waals surface area (Å²) < 4.78 is 5.55. The van der Waals surface area contributed by atoms with Gasteiger partial charge in [0, 0.05) is 43.4 Å². The van der Waals surface area contributed by atoms with Gasteiger partial charge in [-0.3, -0.25) is 4.90 Å². The van der Waals surface area contributed by atoms with E-state index in [0.29, 0.717) is 12.5 Å². The summed E-state index contributed by atoms with van der Waals surface area (Å²) in [4.78, 5) is 23.1. The van der Waals surface area contributed by atoms with Crippen molar-refractivity contribution in [3.8, 4) is 0 Å². The van der Waals surface area contributed by atoms with Crippen LogP contribution in [-0.2, 0) is 11.3 Å². The van der Waals surface area contributed by atoms with Crippen molar-refractivity contribution in [2.45, 2.75) is 69.4 Å². The molecule has 2 saturated heterocycles. The molecule has 136 valence electrons. The van der Waals surface area contributed by atoms with Gasteiger partial charge in [-0.25, -0.2) is 14.8 Å². The number of alkyl carbamates (subject to hydrolysis) is 1. The molecule has 0 bridgehead atoms. The van der Waals surface area contributed by atoms with Crippen molar-refractivity contribution in [1.82, 2.24) is 20.2 Å². The predicted molar refractivity (Wildman–Crippen MR) is 94.2 cm³/mol. The maximum atomic E-state index is 11.4. The minimum atomic E-state index is -0.285. The minimum Gasteiger partial charge on any atom is -0.441 e. The fourth-order valence-electron chi connectivity index (χ4n) is 4.44. The number of amides is 1. The predicted octanol–water partition coefficient (Wildman–Crippen LogP) is 2.99. The van der Waals surface area contributed by atoms with E-state index in [1.165, 1.54) is 37.7 Å². The Morgan fingerprint density at radius 1 is 1.12 bits per heavy atom. The van der Waals surface area contributed by atoms with Crippen LogP contribution in [0.15, 0.2) is 12.4 Å². The number of aromatic nitrogens is 2. The average molecular weight is 344 g/mol. The van der Waals surface area contributed by atoms with E-state index >= 15 is 0 Å². The second-order valence-corrected chi connectivity index (χ2v) is 7.84. The maximum Gasteiger partial charge on any atom is 0.407 e. The van der Waals surface area contributed by atoms with Gasteiger partial charge in [-0.05, 0) is 32.2 Å². The Morgan fingerprint density at radius 3 is 2.64 bits per heavy atom. The Kier molecular flexibility index (Phi) is 4.88. The van der Waals surface area contributed by atoms with E-state index in [1.54, 1.807) is 0 Å². The molecule has 1 aromatic heterocycles. The largest absolute Gasteiger partial charge is 0.441 e. The summed E-state index contributed by atoms with van der Waals surface area (Å²) in [6.07, 6.45) is 13.1. The molecule has 0 radical (unpaired) electrons. The van der Waals surface area contributed by atoms with Crippen molar-refractivity contribution < 1.29 is 9.53 Å². The summed E-state index contributed by atoms with van der Waals surface area (Å²) >= 11 is 0. The van der Waals surface area contributed by atoms with Gasteiger partial charge in [0.25, 0.3) is 0 Å². The zero-order valence-electron chi connectivity index (χ0n) is 14.9. The lowest BCUT2D eigenvalue weighted by molar-refractivity contribution is 0.0443. The topological polar surface area (TPSA) is 67.4 Å². The lowest BCUT2D eigenvalue weighted by Gasteiger charge is -2.25. The molecule has 1 spiro atoms. The van der Waals surface area contributed by atoms with Gasteiger partial charge < -0.3 is 10.1 Å². The van der Waals surface area contributed by atoms with Crippen LogP contribution in [0.4, 0.5) is 4.79 Å². The molecule has 1 aliphatic carbocycles. The van der Waals surface area contributed by atoms with Crippen LogP contribution in [0.5, 0.6) is 0 Å². The number of nitrogens with zero attached hydrogens (tertiary/aromatic N) is 3. The van der Waals surface area contributed by atoms with Crippen LogP contribution in [0.2, 0.25) is 0 Å². The maximum absolute atomic E-state index is 11.4. The minimum absolute atomic E-state index is 0.264. The Bertz CT molecular complexity index is 600. The third-order valence-corrected chi connectivity index (χ3v) is 5.96. The van der Waals surface area contributed by atoms with Gasteiger partial charge in [-0.1, -0.05) is 19.3 Å². The average Bonchev–Trinajstić information content (AvgIpc) is 2.90. The zero-order valence-corrected chi connectivity index (χ0v) is 14.9. The van der Waals surface area contributed by atoms with E-state index < -0.39 is 0 Å². The SMILES string of the molecule is O=C1NCC2(CCCN(Cc3cnc(C4CCCCC4)nc3)CC2)O1. The van der Waals surface area contributed by atoms with Crippen LogP contribution in [0.1, 0.15) is 68.7 Å². The van der Waals surface area contributed by atoms with Crippen molar-refractivity contribution in [3.05, 3.63) is 23.8 Å². The molecule has 1 N–H and O–H groups in total. The van der Waals surface area contributed by atoms with Crippen LogP contribution in [0.3, 0.4) is 0 Å². The summed E-state index contributed by atoms with van der Waals surface area (Å²) in [5.74, 6) is 1.59. The first-order valence-corrected chi connectivity index (χ1v) is 9.72. The van der Waals surface area contributed by atoms with E-state index in [9.17, 15) is 4.79 Å².